The first-order valence-corrected chi connectivity index (χ1v) is 11.0. The molecule has 3 fully saturated rings. The van der Waals surface area contributed by atoms with Crippen LogP contribution in [0, 0.1) is 40.4 Å². The Kier molecular flexibility index (Phi) is 6.33. The average molecular weight is 437 g/mol. The van der Waals surface area contributed by atoms with Crippen LogP contribution in [-0.4, -0.2) is 51.7 Å². The second kappa shape index (κ2) is 8.24. The van der Waals surface area contributed by atoms with Crippen LogP contribution >= 0.6 is 0 Å². The van der Waals surface area contributed by atoms with Gasteiger partial charge in [-0.1, -0.05) is 26.8 Å². The molecule has 31 heavy (non-hydrogen) atoms. The molecule has 0 spiro atoms. The fraction of sp³-hybridized carbons (Fsp3) is 0.708. The van der Waals surface area contributed by atoms with E-state index in [0.717, 1.165) is 13.3 Å². The van der Waals surface area contributed by atoms with Gasteiger partial charge in [0.2, 0.25) is 0 Å². The van der Waals surface area contributed by atoms with Crippen LogP contribution in [0.5, 0.6) is 0 Å². The van der Waals surface area contributed by atoms with E-state index >= 15 is 4.39 Å². The number of fused-ring (bicyclic) bond motifs is 5. The number of allylic oxidation sites excluding steroid dienone is 4. The monoisotopic (exact) mass is 436 g/mol. The molecule has 0 heterocycles. The number of rotatable bonds is 2. The summed E-state index contributed by atoms with van der Waals surface area (Å²) in [7, 11) is 0. The molecular formula is C24H33FO6. The molecule has 0 radical (unpaired) electrons. The summed E-state index contributed by atoms with van der Waals surface area (Å²) in [4.78, 5) is 33.3. The molecule has 0 unspecified atom stereocenters. The summed E-state index contributed by atoms with van der Waals surface area (Å²) in [6.45, 7) is 6.61. The standard InChI is InChI=1S/C22H29FO4.C2H4O2/c1-11-6-14-13-8-16(23)15-7-12(25)4-5-21(15,2)20(13)17(26)9-22(14,3)19(11)18(27)10-24;1-2(3)4/h4-5,7,11,13-14,16-17,19-20,24,26H,6,8-10H2,1-3H3;1H3,(H,3,4)/t11-,13+,14+,16+,17+,19-,20-,21+,22+;/m1./s1. The molecule has 3 N–H and O–H groups in total. The lowest BCUT2D eigenvalue weighted by molar-refractivity contribution is -0.144. The molecule has 0 amide bonds. The lowest BCUT2D eigenvalue weighted by Crippen LogP contribution is -2.58. The van der Waals surface area contributed by atoms with Crippen LogP contribution < -0.4 is 0 Å². The third kappa shape index (κ3) is 3.80. The third-order valence-electron chi connectivity index (χ3n) is 8.32. The zero-order chi connectivity index (χ0) is 23.3. The Bertz CT molecular complexity index is 830. The zero-order valence-corrected chi connectivity index (χ0v) is 18.5. The van der Waals surface area contributed by atoms with Crippen LogP contribution in [0.2, 0.25) is 0 Å². The molecule has 0 saturated heterocycles. The molecular weight excluding hydrogens is 403 g/mol. The highest BCUT2D eigenvalue weighted by molar-refractivity contribution is 6.01. The maximum Gasteiger partial charge on any atom is 0.300 e. The van der Waals surface area contributed by atoms with E-state index in [0.29, 0.717) is 12.0 Å². The number of carboxylic acid groups (broad SMARTS) is 1. The first-order chi connectivity index (χ1) is 14.4. The van der Waals surface area contributed by atoms with Gasteiger partial charge in [0.05, 0.1) is 6.10 Å². The quantitative estimate of drug-likeness (QED) is 0.614. The fourth-order valence-electron chi connectivity index (χ4n) is 7.49. The van der Waals surface area contributed by atoms with Crippen molar-refractivity contribution >= 4 is 17.5 Å². The van der Waals surface area contributed by atoms with Crippen LogP contribution in [0.15, 0.2) is 23.8 Å². The molecule has 9 atom stereocenters. The zero-order valence-electron chi connectivity index (χ0n) is 18.5. The van der Waals surface area contributed by atoms with Crippen LogP contribution in [-0.2, 0) is 14.4 Å². The van der Waals surface area contributed by atoms with Gasteiger partial charge in [-0.3, -0.25) is 14.4 Å². The number of aliphatic hydroxyl groups is 2. The van der Waals surface area contributed by atoms with Crippen molar-refractivity contribution in [1.29, 1.82) is 0 Å². The molecule has 4 aliphatic carbocycles. The van der Waals surface area contributed by atoms with E-state index in [9.17, 15) is 19.8 Å². The smallest absolute Gasteiger partial charge is 0.300 e. The van der Waals surface area contributed by atoms with Crippen molar-refractivity contribution in [1.82, 2.24) is 0 Å². The Balaban J connectivity index is 0.000000628. The molecule has 0 bridgehead atoms. The van der Waals surface area contributed by atoms with Gasteiger partial charge < -0.3 is 15.3 Å². The Morgan fingerprint density at radius 3 is 2.45 bits per heavy atom. The van der Waals surface area contributed by atoms with Crippen LogP contribution in [0.1, 0.15) is 47.0 Å². The van der Waals surface area contributed by atoms with Gasteiger partial charge in [0.25, 0.3) is 5.97 Å². The highest BCUT2D eigenvalue weighted by atomic mass is 19.1. The number of alkyl halides is 1. The van der Waals surface area contributed by atoms with Crippen molar-refractivity contribution in [3.8, 4) is 0 Å². The first-order valence-electron chi connectivity index (χ1n) is 11.0. The predicted octanol–water partition coefficient (Wildman–Crippen LogP) is 2.73. The van der Waals surface area contributed by atoms with Crippen molar-refractivity contribution in [2.24, 2.45) is 40.4 Å². The Hall–Kier alpha value is -1.86. The average Bonchev–Trinajstić information content (AvgIpc) is 2.92. The lowest BCUT2D eigenvalue weighted by atomic mass is 9.46. The molecule has 3 saturated carbocycles. The van der Waals surface area contributed by atoms with Gasteiger partial charge >= 0.3 is 0 Å². The maximum absolute atomic E-state index is 15.2. The topological polar surface area (TPSA) is 112 Å². The molecule has 4 aliphatic rings. The number of aliphatic carboxylic acids is 1. The van der Waals surface area contributed by atoms with E-state index in [1.807, 2.05) is 20.8 Å². The largest absolute Gasteiger partial charge is 0.481 e. The number of carboxylic acids is 1. The number of hydrogen-bond acceptors (Lipinski definition) is 5. The van der Waals surface area contributed by atoms with Crippen molar-refractivity contribution in [2.45, 2.75) is 59.2 Å². The summed E-state index contributed by atoms with van der Waals surface area (Å²) < 4.78 is 15.2. The van der Waals surface area contributed by atoms with Gasteiger partial charge in [-0.25, -0.2) is 4.39 Å². The van der Waals surface area contributed by atoms with Crippen LogP contribution in [0.3, 0.4) is 0 Å². The summed E-state index contributed by atoms with van der Waals surface area (Å²) >= 11 is 0. The normalized spacial score (nSPS) is 45.5. The predicted molar refractivity (Wildman–Crippen MR) is 112 cm³/mol. The first kappa shape index (κ1) is 23.8. The second-order valence-corrected chi connectivity index (χ2v) is 10.2. The molecule has 0 aromatic carbocycles. The number of halogens is 1. The van der Waals surface area contributed by atoms with Gasteiger partial charge in [-0.2, -0.15) is 0 Å². The number of carbonyl (C=O) groups is 3. The van der Waals surface area contributed by atoms with Crippen molar-refractivity contribution in [2.75, 3.05) is 6.61 Å². The molecule has 0 aromatic heterocycles. The highest BCUT2D eigenvalue weighted by Gasteiger charge is 2.65. The van der Waals surface area contributed by atoms with E-state index in [4.69, 9.17) is 9.90 Å². The minimum atomic E-state index is -1.21. The van der Waals surface area contributed by atoms with Gasteiger partial charge in [0, 0.05) is 24.2 Å². The maximum atomic E-state index is 15.2. The summed E-state index contributed by atoms with van der Waals surface area (Å²) in [6.07, 6.45) is 4.39. The number of ketones is 2. The number of carbonyl (C=O) groups excluding carboxylic acids is 2. The van der Waals surface area contributed by atoms with Gasteiger partial charge in [0.1, 0.15) is 12.8 Å². The van der Waals surface area contributed by atoms with E-state index in [-0.39, 0.29) is 47.6 Å². The molecule has 0 aliphatic heterocycles. The fourth-order valence-corrected chi connectivity index (χ4v) is 7.49. The highest BCUT2D eigenvalue weighted by Crippen LogP contribution is 2.67. The third-order valence-corrected chi connectivity index (χ3v) is 8.32. The number of hydrogen-bond donors (Lipinski definition) is 3. The molecule has 0 aromatic rings. The summed E-state index contributed by atoms with van der Waals surface area (Å²) in [5.74, 6) is -1.46. The summed E-state index contributed by atoms with van der Waals surface area (Å²) in [5, 5.41) is 28.1. The summed E-state index contributed by atoms with van der Waals surface area (Å²) in [6, 6.07) is 0. The van der Waals surface area contributed by atoms with Crippen LogP contribution in [0.25, 0.3) is 0 Å². The molecule has 7 heteroatoms. The summed E-state index contributed by atoms with van der Waals surface area (Å²) in [5.41, 5.74) is -0.599. The minimum Gasteiger partial charge on any atom is -0.481 e. The van der Waals surface area contributed by atoms with Gasteiger partial charge in [-0.15, -0.1) is 0 Å². The second-order valence-electron chi connectivity index (χ2n) is 10.2. The molecule has 6 nitrogen and oxygen atoms in total. The Morgan fingerprint density at radius 1 is 1.26 bits per heavy atom. The Morgan fingerprint density at radius 2 is 1.87 bits per heavy atom. The van der Waals surface area contributed by atoms with Crippen molar-refractivity contribution in [3.63, 3.8) is 0 Å². The van der Waals surface area contributed by atoms with E-state index < -0.39 is 35.7 Å². The lowest BCUT2D eigenvalue weighted by Gasteiger charge is -2.59. The van der Waals surface area contributed by atoms with Gasteiger partial charge in [0.15, 0.2) is 11.6 Å². The number of Topliss-reactive ketones (excluding diaryl/α,β-unsaturated/α-hetero) is 1. The van der Waals surface area contributed by atoms with Crippen molar-refractivity contribution < 1.29 is 34.1 Å². The van der Waals surface area contributed by atoms with Crippen molar-refractivity contribution in [3.05, 3.63) is 23.8 Å². The minimum absolute atomic E-state index is 0.0484. The molecule has 172 valence electrons. The van der Waals surface area contributed by atoms with Gasteiger partial charge in [-0.05, 0) is 60.2 Å². The molecule has 4 rings (SSSR count). The van der Waals surface area contributed by atoms with E-state index in [1.165, 1.54) is 12.2 Å². The van der Waals surface area contributed by atoms with Crippen LogP contribution in [0.4, 0.5) is 4.39 Å². The van der Waals surface area contributed by atoms with E-state index in [2.05, 4.69) is 0 Å². The number of aliphatic hydroxyl groups excluding tert-OH is 2. The SMILES string of the molecule is CC(=O)O.C[C@@H]1C[C@H]2[C@@H]3C[C@H](F)C4=CC(=O)C=C[C@]4(C)[C@H]3[C@@H](O)C[C@]2(C)[C@H]1C(=O)CO. The van der Waals surface area contributed by atoms with E-state index in [1.54, 1.807) is 6.08 Å². The Labute approximate surface area is 182 Å².